The lowest BCUT2D eigenvalue weighted by atomic mass is 10.3. The van der Waals surface area contributed by atoms with Gasteiger partial charge in [0.1, 0.15) is 17.2 Å². The number of anilines is 1. The van der Waals surface area contributed by atoms with Crippen LogP contribution in [-0.2, 0) is 0 Å². The molecule has 3 rings (SSSR count). The zero-order chi connectivity index (χ0) is 13.4. The van der Waals surface area contributed by atoms with E-state index in [9.17, 15) is 10.2 Å². The molecule has 0 spiro atoms. The Morgan fingerprint density at radius 3 is 2.58 bits per heavy atom. The quantitative estimate of drug-likeness (QED) is 0.750. The van der Waals surface area contributed by atoms with Crippen molar-refractivity contribution >= 4 is 11.5 Å². The Morgan fingerprint density at radius 2 is 1.89 bits per heavy atom. The number of aliphatic hydroxyl groups is 2. The molecule has 0 unspecified atom stereocenters. The van der Waals surface area contributed by atoms with Crippen molar-refractivity contribution in [3.8, 4) is 0 Å². The van der Waals surface area contributed by atoms with Crippen LogP contribution in [0.5, 0.6) is 0 Å². The summed E-state index contributed by atoms with van der Waals surface area (Å²) in [5, 5.41) is 18.4. The highest BCUT2D eigenvalue weighted by Gasteiger charge is 2.17. The minimum atomic E-state index is -1.53. The molecule has 0 aromatic carbocycles. The van der Waals surface area contributed by atoms with E-state index in [-0.39, 0.29) is 5.69 Å². The average Bonchev–Trinajstić information content (AvgIpc) is 2.83. The van der Waals surface area contributed by atoms with Crippen molar-refractivity contribution < 1.29 is 10.2 Å². The van der Waals surface area contributed by atoms with Gasteiger partial charge in [-0.2, -0.15) is 0 Å². The first kappa shape index (κ1) is 12.4. The predicted molar refractivity (Wildman–Crippen MR) is 72.1 cm³/mol. The lowest BCUT2D eigenvalue weighted by Crippen LogP contribution is -2.45. The summed E-state index contributed by atoms with van der Waals surface area (Å²) in [4.78, 5) is 8.80. The molecule has 0 saturated carbocycles. The van der Waals surface area contributed by atoms with Crippen LogP contribution in [0, 0.1) is 0 Å². The largest absolute Gasteiger partial charge is 0.363 e. The Kier molecular flexibility index (Phi) is 3.14. The number of nitrogens with zero attached hydrogens (tertiary/aromatic N) is 4. The van der Waals surface area contributed by atoms with Gasteiger partial charge < -0.3 is 20.0 Å². The van der Waals surface area contributed by atoms with Gasteiger partial charge in [-0.25, -0.2) is 4.98 Å². The van der Waals surface area contributed by atoms with Gasteiger partial charge in [0.05, 0.1) is 0 Å². The van der Waals surface area contributed by atoms with Gasteiger partial charge in [-0.05, 0) is 19.2 Å². The monoisotopic (exact) mass is 262 g/mol. The molecule has 1 saturated heterocycles. The summed E-state index contributed by atoms with van der Waals surface area (Å²) in [6, 6.07) is 5.85. The van der Waals surface area contributed by atoms with E-state index in [0.717, 1.165) is 37.6 Å². The third-order valence-electron chi connectivity index (χ3n) is 3.58. The van der Waals surface area contributed by atoms with Crippen LogP contribution in [0.4, 0.5) is 5.82 Å². The maximum absolute atomic E-state index is 9.22. The molecule has 2 aromatic rings. The number of piperazine rings is 1. The summed E-state index contributed by atoms with van der Waals surface area (Å²) in [5.74, 6) is 1.05. The Morgan fingerprint density at radius 1 is 1.16 bits per heavy atom. The van der Waals surface area contributed by atoms with Crippen LogP contribution in [0.2, 0.25) is 0 Å². The lowest BCUT2D eigenvalue weighted by molar-refractivity contribution is -0.0454. The second-order valence-electron chi connectivity index (χ2n) is 4.94. The Balaban J connectivity index is 1.98. The van der Waals surface area contributed by atoms with Crippen LogP contribution in [-0.4, -0.2) is 57.7 Å². The molecule has 1 fully saturated rings. The minimum Gasteiger partial charge on any atom is -0.363 e. The van der Waals surface area contributed by atoms with Crippen molar-refractivity contribution in [1.29, 1.82) is 0 Å². The van der Waals surface area contributed by atoms with E-state index in [4.69, 9.17) is 0 Å². The fourth-order valence-corrected chi connectivity index (χ4v) is 2.43. The first-order valence-electron chi connectivity index (χ1n) is 6.43. The lowest BCUT2D eigenvalue weighted by Gasteiger charge is -2.34. The van der Waals surface area contributed by atoms with Crippen molar-refractivity contribution in [2.24, 2.45) is 0 Å². The molecule has 6 heteroatoms. The number of aliphatic hydroxyl groups excluding tert-OH is 1. The fourth-order valence-electron chi connectivity index (χ4n) is 2.43. The van der Waals surface area contributed by atoms with Crippen LogP contribution < -0.4 is 4.90 Å². The number of fused-ring (bicyclic) bond motifs is 1. The summed E-state index contributed by atoms with van der Waals surface area (Å²) in [5.41, 5.74) is 1.01. The Hall–Kier alpha value is -1.63. The molecular weight excluding hydrogens is 244 g/mol. The number of hydrogen-bond acceptors (Lipinski definition) is 5. The molecule has 0 atom stereocenters. The molecule has 0 aliphatic carbocycles. The molecule has 6 nitrogen and oxygen atoms in total. The van der Waals surface area contributed by atoms with Gasteiger partial charge in [0.15, 0.2) is 6.29 Å². The second-order valence-corrected chi connectivity index (χ2v) is 4.94. The highest BCUT2D eigenvalue weighted by Crippen LogP contribution is 2.20. The van der Waals surface area contributed by atoms with E-state index < -0.39 is 6.29 Å². The molecule has 2 aromatic heterocycles. The van der Waals surface area contributed by atoms with Gasteiger partial charge >= 0.3 is 0 Å². The summed E-state index contributed by atoms with van der Waals surface area (Å²) >= 11 is 0. The average molecular weight is 262 g/mol. The summed E-state index contributed by atoms with van der Waals surface area (Å²) in [7, 11) is 2.12. The van der Waals surface area contributed by atoms with E-state index in [1.807, 2.05) is 22.6 Å². The summed E-state index contributed by atoms with van der Waals surface area (Å²) in [6.45, 7) is 3.98. The van der Waals surface area contributed by atoms with Crippen molar-refractivity contribution in [2.45, 2.75) is 6.29 Å². The zero-order valence-electron chi connectivity index (χ0n) is 10.9. The highest BCUT2D eigenvalue weighted by molar-refractivity contribution is 5.52. The van der Waals surface area contributed by atoms with E-state index in [0.29, 0.717) is 0 Å². The van der Waals surface area contributed by atoms with E-state index in [1.165, 1.54) is 0 Å². The molecule has 0 amide bonds. The number of imidazole rings is 1. The number of pyridine rings is 1. The van der Waals surface area contributed by atoms with Crippen LogP contribution >= 0.6 is 0 Å². The zero-order valence-corrected chi connectivity index (χ0v) is 10.9. The van der Waals surface area contributed by atoms with Gasteiger partial charge in [0, 0.05) is 32.4 Å². The van der Waals surface area contributed by atoms with Crippen LogP contribution in [0.3, 0.4) is 0 Å². The number of likely N-dealkylation sites (N-methyl/N-ethyl adjacent to an activating group) is 1. The van der Waals surface area contributed by atoms with E-state index in [2.05, 4.69) is 21.8 Å². The second kappa shape index (κ2) is 4.80. The molecule has 1 aliphatic heterocycles. The summed E-state index contributed by atoms with van der Waals surface area (Å²) in [6.07, 6.45) is 0.161. The minimum absolute atomic E-state index is 0.279. The maximum Gasteiger partial charge on any atom is 0.197 e. The van der Waals surface area contributed by atoms with Gasteiger partial charge in [0.2, 0.25) is 0 Å². The smallest absolute Gasteiger partial charge is 0.197 e. The van der Waals surface area contributed by atoms with Crippen molar-refractivity contribution in [3.05, 3.63) is 30.1 Å². The topological polar surface area (TPSA) is 64.2 Å². The Labute approximate surface area is 111 Å². The van der Waals surface area contributed by atoms with Gasteiger partial charge in [-0.15, -0.1) is 0 Å². The number of hydrogen-bond donors (Lipinski definition) is 2. The molecule has 0 bridgehead atoms. The van der Waals surface area contributed by atoms with E-state index in [1.54, 1.807) is 6.20 Å². The third kappa shape index (κ3) is 2.30. The third-order valence-corrected chi connectivity index (χ3v) is 3.58. The maximum atomic E-state index is 9.22. The van der Waals surface area contributed by atoms with Gasteiger partial charge in [0.25, 0.3) is 0 Å². The molecule has 2 N–H and O–H groups in total. The van der Waals surface area contributed by atoms with Crippen LogP contribution in [0.15, 0.2) is 24.4 Å². The van der Waals surface area contributed by atoms with Crippen molar-refractivity contribution in [1.82, 2.24) is 14.3 Å². The van der Waals surface area contributed by atoms with Crippen LogP contribution in [0.25, 0.3) is 5.65 Å². The van der Waals surface area contributed by atoms with E-state index >= 15 is 0 Å². The molecule has 0 radical (unpaired) electrons. The van der Waals surface area contributed by atoms with Crippen molar-refractivity contribution in [3.63, 3.8) is 0 Å². The normalized spacial score (nSPS) is 17.6. The molecule has 19 heavy (non-hydrogen) atoms. The van der Waals surface area contributed by atoms with Crippen LogP contribution in [0.1, 0.15) is 12.0 Å². The molecule has 3 heterocycles. The number of rotatable bonds is 2. The predicted octanol–water partition coefficient (Wildman–Crippen LogP) is 0.0693. The molecule has 102 valence electrons. The van der Waals surface area contributed by atoms with Crippen molar-refractivity contribution in [2.75, 3.05) is 38.1 Å². The molecular formula is C13H18N4O2. The first-order chi connectivity index (χ1) is 9.15. The fraction of sp³-hybridized carbons (Fsp3) is 0.462. The highest BCUT2D eigenvalue weighted by atomic mass is 16.5. The standard InChI is InChI=1S/C13H18N4O2/c1-15-5-7-16(8-6-15)12-4-2-3-11-14-10(13(18)19)9-17(11)12/h2-4,9,13,18-19H,5-8H2,1H3. The first-order valence-corrected chi connectivity index (χ1v) is 6.43. The van der Waals surface area contributed by atoms with Gasteiger partial charge in [-0.3, -0.25) is 4.40 Å². The Bertz CT molecular complexity index is 573. The SMILES string of the molecule is CN1CCN(c2cccc3nc(C(O)O)cn23)CC1. The summed E-state index contributed by atoms with van der Waals surface area (Å²) < 4.78 is 1.92. The number of aromatic nitrogens is 2. The molecule has 1 aliphatic rings. The van der Waals surface area contributed by atoms with Gasteiger partial charge in [-0.1, -0.05) is 6.07 Å².